The molecule has 0 spiro atoms. The molecule has 10 heteroatoms. The fourth-order valence-electron chi connectivity index (χ4n) is 4.62. The highest BCUT2D eigenvalue weighted by atomic mass is 28.4. The van der Waals surface area contributed by atoms with E-state index in [2.05, 4.69) is 179 Å². The van der Waals surface area contributed by atoms with E-state index in [1.165, 1.54) is 5.56 Å². The third-order valence-corrected chi connectivity index (χ3v) is 30.4. The van der Waals surface area contributed by atoms with Gasteiger partial charge in [-0.05, 0) is 85.0 Å². The lowest BCUT2D eigenvalue weighted by Gasteiger charge is -2.54. The maximum Gasteiger partial charge on any atom is 0.192 e. The molecule has 0 aliphatic carbocycles. The standard InChI is InChI=1S/C40H78O6Si4/c1-30-24-26-31(27-25-30)23-22-28-41-36-35(46-50(20,21)40(11,12)13)34(45-49(18,19)39(8,9)10)33(44-48(16,17)38(5,6)7)32(43-36)29-42-47(14,15)37(2,3)4/h22-27,32-36H,28-29H2,1-21H3/b23-22+/t32-,33-,34+,35-,36-/m1/s1. The summed E-state index contributed by atoms with van der Waals surface area (Å²) in [5, 5.41) is -0.000473. The van der Waals surface area contributed by atoms with Gasteiger partial charge in [0.05, 0.1) is 13.2 Å². The molecule has 2 rings (SSSR count). The normalized spacial score (nSPS) is 23.9. The zero-order valence-electron chi connectivity index (χ0n) is 36.2. The van der Waals surface area contributed by atoms with Crippen LogP contribution in [-0.4, -0.2) is 77.2 Å². The molecule has 1 aliphatic heterocycles. The van der Waals surface area contributed by atoms with Crippen LogP contribution in [0.25, 0.3) is 6.08 Å². The summed E-state index contributed by atoms with van der Waals surface area (Å²) in [5.41, 5.74) is 2.38. The number of aryl methyl sites for hydroxylation is 1. The Kier molecular flexibility index (Phi) is 14.8. The zero-order valence-corrected chi connectivity index (χ0v) is 40.2. The zero-order chi connectivity index (χ0) is 38.9. The average molecular weight is 767 g/mol. The fourth-order valence-corrected chi connectivity index (χ4v) is 9.53. The van der Waals surface area contributed by atoms with Gasteiger partial charge in [-0.15, -0.1) is 0 Å². The van der Waals surface area contributed by atoms with Crippen molar-refractivity contribution in [2.75, 3.05) is 13.2 Å². The minimum Gasteiger partial charge on any atom is -0.414 e. The molecule has 50 heavy (non-hydrogen) atoms. The first-order valence-corrected chi connectivity index (χ1v) is 30.5. The predicted molar refractivity (Wildman–Crippen MR) is 224 cm³/mol. The van der Waals surface area contributed by atoms with Crippen LogP contribution in [0.1, 0.15) is 94.2 Å². The van der Waals surface area contributed by atoms with Gasteiger partial charge in [0, 0.05) is 0 Å². The molecule has 1 fully saturated rings. The molecule has 6 nitrogen and oxygen atoms in total. The Morgan fingerprint density at radius 1 is 0.580 bits per heavy atom. The predicted octanol–water partition coefficient (Wildman–Crippen LogP) is 11.9. The van der Waals surface area contributed by atoms with Crippen LogP contribution in [0.4, 0.5) is 0 Å². The van der Waals surface area contributed by atoms with Gasteiger partial charge >= 0.3 is 0 Å². The summed E-state index contributed by atoms with van der Waals surface area (Å²) < 4.78 is 43.2. The van der Waals surface area contributed by atoms with Gasteiger partial charge in [-0.3, -0.25) is 0 Å². The van der Waals surface area contributed by atoms with Crippen LogP contribution < -0.4 is 0 Å². The summed E-state index contributed by atoms with van der Waals surface area (Å²) in [7, 11) is -9.11. The summed E-state index contributed by atoms with van der Waals surface area (Å²) in [6, 6.07) is 8.52. The second-order valence-corrected chi connectivity index (χ2v) is 39.9. The quantitative estimate of drug-likeness (QED) is 0.186. The molecule has 0 unspecified atom stereocenters. The Morgan fingerprint density at radius 2 is 0.980 bits per heavy atom. The maximum absolute atomic E-state index is 7.54. The van der Waals surface area contributed by atoms with Crippen LogP contribution >= 0.6 is 0 Å². The molecule has 290 valence electrons. The maximum atomic E-state index is 7.54. The number of ether oxygens (including phenoxy) is 2. The second-order valence-electron chi connectivity index (χ2n) is 20.8. The van der Waals surface area contributed by atoms with Crippen molar-refractivity contribution < 1.29 is 27.2 Å². The molecule has 1 aromatic carbocycles. The van der Waals surface area contributed by atoms with Crippen LogP contribution in [0.3, 0.4) is 0 Å². The Hall–Kier alpha value is -0.412. The van der Waals surface area contributed by atoms with Crippen LogP contribution in [0.2, 0.25) is 72.5 Å². The van der Waals surface area contributed by atoms with Crippen molar-refractivity contribution in [2.24, 2.45) is 0 Å². The van der Waals surface area contributed by atoms with Gasteiger partial charge in [0.15, 0.2) is 39.6 Å². The largest absolute Gasteiger partial charge is 0.414 e. The highest BCUT2D eigenvalue weighted by Crippen LogP contribution is 2.46. The lowest BCUT2D eigenvalue weighted by atomic mass is 9.99. The Morgan fingerprint density at radius 3 is 1.40 bits per heavy atom. The Balaban J connectivity index is 2.77. The SMILES string of the molecule is Cc1ccc(/C=C/CO[C@@H]2O[C@H](CO[Si](C)(C)C(C)(C)C)[C@@H](O[Si](C)(C)C(C)(C)C)[C@H](O[Si](C)(C)C(C)(C)C)[C@H]2O[Si](C)(C)C(C)(C)C)cc1. The molecule has 0 radical (unpaired) electrons. The van der Waals surface area contributed by atoms with Crippen LogP contribution in [0.5, 0.6) is 0 Å². The molecular weight excluding hydrogens is 689 g/mol. The van der Waals surface area contributed by atoms with E-state index in [1.807, 2.05) is 0 Å². The van der Waals surface area contributed by atoms with Gasteiger partial charge in [0.1, 0.15) is 24.4 Å². The molecule has 5 atom stereocenters. The minimum atomic E-state index is -2.34. The van der Waals surface area contributed by atoms with Crippen LogP contribution in [0.15, 0.2) is 30.3 Å². The van der Waals surface area contributed by atoms with E-state index in [0.717, 1.165) is 5.56 Å². The van der Waals surface area contributed by atoms with Crippen LogP contribution in [-0.2, 0) is 27.2 Å². The molecule has 0 amide bonds. The number of hydrogen-bond acceptors (Lipinski definition) is 6. The number of rotatable bonds is 13. The minimum absolute atomic E-state index is 0.0106. The van der Waals surface area contributed by atoms with Crippen molar-refractivity contribution in [2.45, 2.75) is 193 Å². The van der Waals surface area contributed by atoms with E-state index < -0.39 is 57.9 Å². The lowest BCUT2D eigenvalue weighted by Crippen LogP contribution is -2.68. The van der Waals surface area contributed by atoms with Gasteiger partial charge in [0.2, 0.25) is 0 Å². The Labute approximate surface area is 313 Å². The molecule has 0 saturated carbocycles. The highest BCUT2D eigenvalue weighted by molar-refractivity contribution is 6.75. The summed E-state index contributed by atoms with van der Waals surface area (Å²) >= 11 is 0. The first kappa shape index (κ1) is 45.7. The van der Waals surface area contributed by atoms with Crippen molar-refractivity contribution in [3.63, 3.8) is 0 Å². The number of benzene rings is 1. The molecule has 1 saturated heterocycles. The number of hydrogen-bond donors (Lipinski definition) is 0. The molecule has 1 heterocycles. The molecular formula is C40H78O6Si4. The van der Waals surface area contributed by atoms with Crippen molar-refractivity contribution in [1.29, 1.82) is 0 Å². The van der Waals surface area contributed by atoms with Crippen molar-refractivity contribution in [1.82, 2.24) is 0 Å². The molecule has 1 aliphatic rings. The third kappa shape index (κ3) is 11.8. The van der Waals surface area contributed by atoms with Crippen molar-refractivity contribution >= 4 is 39.3 Å². The third-order valence-electron chi connectivity index (χ3n) is 12.5. The van der Waals surface area contributed by atoms with Crippen molar-refractivity contribution in [3.05, 3.63) is 41.5 Å². The van der Waals surface area contributed by atoms with Crippen LogP contribution in [0, 0.1) is 6.92 Å². The summed E-state index contributed by atoms with van der Waals surface area (Å²) in [4.78, 5) is 0. The summed E-state index contributed by atoms with van der Waals surface area (Å²) in [6.45, 7) is 48.9. The van der Waals surface area contributed by atoms with Gasteiger partial charge < -0.3 is 27.2 Å². The summed E-state index contributed by atoms with van der Waals surface area (Å²) in [5.74, 6) is 0. The van der Waals surface area contributed by atoms with E-state index in [9.17, 15) is 0 Å². The molecule has 0 bridgehead atoms. The summed E-state index contributed by atoms with van der Waals surface area (Å²) in [6.07, 6.45) is 1.88. The van der Waals surface area contributed by atoms with Gasteiger partial charge in [-0.1, -0.05) is 125 Å². The topological polar surface area (TPSA) is 55.4 Å². The van der Waals surface area contributed by atoms with Gasteiger partial charge in [-0.25, -0.2) is 0 Å². The Bertz CT molecular complexity index is 1250. The molecule has 0 aromatic heterocycles. The first-order valence-electron chi connectivity index (χ1n) is 18.9. The van der Waals surface area contributed by atoms with Crippen molar-refractivity contribution in [3.8, 4) is 0 Å². The fraction of sp³-hybridized carbons (Fsp3) is 0.800. The smallest absolute Gasteiger partial charge is 0.192 e. The molecule has 0 N–H and O–H groups in total. The van der Waals surface area contributed by atoms with E-state index in [4.69, 9.17) is 27.2 Å². The van der Waals surface area contributed by atoms with E-state index in [0.29, 0.717) is 13.2 Å². The highest BCUT2D eigenvalue weighted by Gasteiger charge is 2.57. The lowest BCUT2D eigenvalue weighted by molar-refractivity contribution is -0.288. The first-order chi connectivity index (χ1) is 22.2. The van der Waals surface area contributed by atoms with Gasteiger partial charge in [-0.2, -0.15) is 0 Å². The van der Waals surface area contributed by atoms with Gasteiger partial charge in [0.25, 0.3) is 0 Å². The van der Waals surface area contributed by atoms with E-state index >= 15 is 0 Å². The average Bonchev–Trinajstić information content (AvgIpc) is 2.91. The molecule has 1 aromatic rings. The van der Waals surface area contributed by atoms with E-state index in [1.54, 1.807) is 0 Å². The second kappa shape index (κ2) is 16.1. The van der Waals surface area contributed by atoms with E-state index in [-0.39, 0.29) is 26.3 Å². The monoisotopic (exact) mass is 766 g/mol.